The summed E-state index contributed by atoms with van der Waals surface area (Å²) < 4.78 is 5.02. The lowest BCUT2D eigenvalue weighted by Gasteiger charge is -2.10. The first kappa shape index (κ1) is 19.4. The van der Waals surface area contributed by atoms with Gasteiger partial charge < -0.3 is 9.13 Å². The summed E-state index contributed by atoms with van der Waals surface area (Å²) in [6.45, 7) is 5.01. The molecule has 0 aliphatic heterocycles. The number of hydrogen-bond donors (Lipinski definition) is 0. The molecule has 6 heteroatoms. The van der Waals surface area contributed by atoms with Gasteiger partial charge in [0.05, 0.1) is 6.54 Å². The smallest absolute Gasteiger partial charge is 0.160 e. The Morgan fingerprint density at radius 2 is 1.97 bits per heavy atom. The van der Waals surface area contributed by atoms with Crippen molar-refractivity contribution in [1.29, 1.82) is 5.26 Å². The van der Waals surface area contributed by atoms with Gasteiger partial charge in [-0.2, -0.15) is 5.26 Å². The van der Waals surface area contributed by atoms with E-state index < -0.39 is 0 Å². The van der Waals surface area contributed by atoms with E-state index in [-0.39, 0.29) is 0 Å². The Hall–Kier alpha value is -2.91. The van der Waals surface area contributed by atoms with Crippen LogP contribution in [-0.2, 0) is 13.0 Å². The molecule has 0 saturated carbocycles. The van der Waals surface area contributed by atoms with Gasteiger partial charge in [0, 0.05) is 29.0 Å². The molecule has 4 aromatic rings. The molecule has 0 spiro atoms. The molecule has 0 atom stereocenters. The Bertz CT molecular complexity index is 1190. The van der Waals surface area contributed by atoms with Crippen LogP contribution in [0.2, 0.25) is 0 Å². The maximum Gasteiger partial charge on any atom is 0.160 e. The van der Waals surface area contributed by atoms with Gasteiger partial charge in [-0.25, -0.2) is 9.97 Å². The molecule has 0 fully saturated rings. The largest absolute Gasteiger partial charge is 0.308 e. The third kappa shape index (κ3) is 3.83. The Kier molecular flexibility index (Phi) is 5.50. The van der Waals surface area contributed by atoms with Gasteiger partial charge in [0.2, 0.25) is 0 Å². The highest BCUT2D eigenvalue weighted by Gasteiger charge is 2.14. The summed E-state index contributed by atoms with van der Waals surface area (Å²) in [5.74, 6) is 1.09. The molecule has 0 saturated heterocycles. The summed E-state index contributed by atoms with van der Waals surface area (Å²) in [6.07, 6.45) is 6.97. The van der Waals surface area contributed by atoms with Gasteiger partial charge >= 0.3 is 0 Å². The zero-order valence-corrected chi connectivity index (χ0v) is 18.1. The number of nitrogens with zero attached hydrogens (tertiary/aromatic N) is 5. The molecule has 29 heavy (non-hydrogen) atoms. The van der Waals surface area contributed by atoms with Gasteiger partial charge in [0.25, 0.3) is 0 Å². The van der Waals surface area contributed by atoms with E-state index in [2.05, 4.69) is 57.5 Å². The first-order valence-electron chi connectivity index (χ1n) is 9.78. The number of pyridine rings is 1. The van der Waals surface area contributed by atoms with Crippen LogP contribution in [0.25, 0.3) is 16.9 Å². The van der Waals surface area contributed by atoms with E-state index in [0.29, 0.717) is 5.69 Å². The summed E-state index contributed by atoms with van der Waals surface area (Å²) in [6, 6.07) is 14.4. The number of halogens is 1. The van der Waals surface area contributed by atoms with Gasteiger partial charge in [0.1, 0.15) is 23.1 Å². The van der Waals surface area contributed by atoms with Gasteiger partial charge in [-0.15, -0.1) is 0 Å². The van der Waals surface area contributed by atoms with Crippen LogP contribution in [0, 0.1) is 18.3 Å². The van der Waals surface area contributed by atoms with Gasteiger partial charge in [-0.3, -0.25) is 0 Å². The van der Waals surface area contributed by atoms with Crippen LogP contribution in [0.5, 0.6) is 0 Å². The Morgan fingerprint density at radius 1 is 1.17 bits per heavy atom. The lowest BCUT2D eigenvalue weighted by atomic mass is 10.2. The number of fused-ring (bicyclic) bond motifs is 1. The van der Waals surface area contributed by atoms with Gasteiger partial charge in [0.15, 0.2) is 5.65 Å². The molecule has 0 N–H and O–H groups in total. The van der Waals surface area contributed by atoms with Crippen molar-refractivity contribution in [3.63, 3.8) is 0 Å². The third-order valence-corrected chi connectivity index (χ3v) is 5.56. The molecule has 0 aliphatic carbocycles. The average molecular weight is 448 g/mol. The summed E-state index contributed by atoms with van der Waals surface area (Å²) in [7, 11) is 0. The molecule has 3 aromatic heterocycles. The van der Waals surface area contributed by atoms with E-state index in [9.17, 15) is 5.26 Å². The van der Waals surface area contributed by atoms with E-state index in [1.54, 1.807) is 0 Å². The lowest BCUT2D eigenvalue weighted by molar-refractivity contribution is 0.686. The normalized spacial score (nSPS) is 11.1. The first-order chi connectivity index (χ1) is 14.1. The maximum absolute atomic E-state index is 9.33. The zero-order valence-electron chi connectivity index (χ0n) is 16.6. The van der Waals surface area contributed by atoms with Gasteiger partial charge in [-0.05, 0) is 64.7 Å². The number of rotatable bonds is 6. The standard InChI is InChI=1S/C23H22BrN5/c1-3-4-5-21-27-22-16(2)10-11-26-23(22)29(21)14-17-6-8-19(9-7-17)28-15-18(24)12-20(28)13-25/h6-12,15H,3-5,14H2,1-2H3. The SMILES string of the molecule is CCCCc1nc2c(C)ccnc2n1Cc1ccc(-n2cc(Br)cc2C#N)cc1. The van der Waals surface area contributed by atoms with Gasteiger partial charge in [-0.1, -0.05) is 25.5 Å². The third-order valence-electron chi connectivity index (χ3n) is 5.13. The van der Waals surface area contributed by atoms with Crippen molar-refractivity contribution in [2.45, 2.75) is 39.7 Å². The molecule has 5 nitrogen and oxygen atoms in total. The minimum atomic E-state index is 0.603. The fourth-order valence-electron chi connectivity index (χ4n) is 3.55. The second-order valence-electron chi connectivity index (χ2n) is 7.21. The molecular formula is C23H22BrN5. The van der Waals surface area contributed by atoms with Crippen molar-refractivity contribution in [2.24, 2.45) is 0 Å². The first-order valence-corrected chi connectivity index (χ1v) is 10.6. The fourth-order valence-corrected chi connectivity index (χ4v) is 3.97. The van der Waals surface area contributed by atoms with Crippen LogP contribution in [0.1, 0.15) is 42.4 Å². The van der Waals surface area contributed by atoms with Crippen molar-refractivity contribution < 1.29 is 0 Å². The van der Waals surface area contributed by atoms with Crippen LogP contribution in [0.3, 0.4) is 0 Å². The highest BCUT2D eigenvalue weighted by Crippen LogP contribution is 2.23. The second kappa shape index (κ2) is 8.22. The van der Waals surface area contributed by atoms with Crippen LogP contribution < -0.4 is 0 Å². The predicted molar refractivity (Wildman–Crippen MR) is 118 cm³/mol. The van der Waals surface area contributed by atoms with Crippen molar-refractivity contribution in [2.75, 3.05) is 0 Å². The molecule has 4 rings (SSSR count). The van der Waals surface area contributed by atoms with E-state index in [0.717, 1.165) is 58.5 Å². The molecule has 0 radical (unpaired) electrons. The monoisotopic (exact) mass is 447 g/mol. The number of aryl methyl sites for hydroxylation is 2. The second-order valence-corrected chi connectivity index (χ2v) is 8.13. The lowest BCUT2D eigenvalue weighted by Crippen LogP contribution is -2.06. The Labute approximate surface area is 178 Å². The average Bonchev–Trinajstić information content (AvgIpc) is 3.28. The molecule has 146 valence electrons. The molecular weight excluding hydrogens is 426 g/mol. The van der Waals surface area contributed by atoms with E-state index >= 15 is 0 Å². The van der Waals surface area contributed by atoms with Crippen molar-refractivity contribution in [3.8, 4) is 11.8 Å². The molecule has 1 aromatic carbocycles. The van der Waals surface area contributed by atoms with Crippen LogP contribution in [0.4, 0.5) is 0 Å². The zero-order chi connectivity index (χ0) is 20.4. The fraction of sp³-hybridized carbons (Fsp3) is 0.261. The Morgan fingerprint density at radius 3 is 2.69 bits per heavy atom. The maximum atomic E-state index is 9.33. The van der Waals surface area contributed by atoms with Crippen LogP contribution in [-0.4, -0.2) is 19.1 Å². The number of aromatic nitrogens is 4. The van der Waals surface area contributed by atoms with E-state index in [1.807, 2.05) is 41.2 Å². The van der Waals surface area contributed by atoms with E-state index in [1.165, 1.54) is 5.56 Å². The molecule has 0 amide bonds. The van der Waals surface area contributed by atoms with Crippen LogP contribution >= 0.6 is 15.9 Å². The highest BCUT2D eigenvalue weighted by molar-refractivity contribution is 9.10. The summed E-state index contributed by atoms with van der Waals surface area (Å²) in [5, 5.41) is 9.33. The highest BCUT2D eigenvalue weighted by atomic mass is 79.9. The predicted octanol–water partition coefficient (Wildman–Crippen LogP) is 5.56. The molecule has 0 bridgehead atoms. The van der Waals surface area contributed by atoms with Crippen LogP contribution in [0.15, 0.2) is 53.3 Å². The Balaban J connectivity index is 1.68. The molecule has 3 heterocycles. The quantitative estimate of drug-likeness (QED) is 0.388. The summed E-state index contributed by atoms with van der Waals surface area (Å²) in [5.41, 5.74) is 5.84. The minimum absolute atomic E-state index is 0.603. The van der Waals surface area contributed by atoms with Crippen molar-refractivity contribution >= 4 is 27.1 Å². The van der Waals surface area contributed by atoms with E-state index in [4.69, 9.17) is 4.98 Å². The number of hydrogen-bond acceptors (Lipinski definition) is 3. The number of unbranched alkanes of at least 4 members (excludes halogenated alkanes) is 1. The number of nitriles is 1. The van der Waals surface area contributed by atoms with Crippen molar-refractivity contribution in [3.05, 3.63) is 75.9 Å². The number of benzene rings is 1. The minimum Gasteiger partial charge on any atom is -0.308 e. The number of imidazole rings is 1. The molecule has 0 unspecified atom stereocenters. The molecule has 0 aliphatic rings. The van der Waals surface area contributed by atoms with Crippen molar-refractivity contribution in [1.82, 2.24) is 19.1 Å². The summed E-state index contributed by atoms with van der Waals surface area (Å²) in [4.78, 5) is 9.50. The summed E-state index contributed by atoms with van der Waals surface area (Å²) >= 11 is 3.44. The topological polar surface area (TPSA) is 59.4 Å².